The summed E-state index contributed by atoms with van der Waals surface area (Å²) in [7, 11) is 5.70. The van der Waals surface area contributed by atoms with Gasteiger partial charge in [-0.2, -0.15) is 5.10 Å². The lowest BCUT2D eigenvalue weighted by Gasteiger charge is -2.31. The zero-order valence-corrected chi connectivity index (χ0v) is 30.6. The van der Waals surface area contributed by atoms with E-state index in [9.17, 15) is 4.79 Å². The molecule has 1 atom stereocenters. The average molecular weight is 706 g/mol. The number of hydrogen-bond acceptors (Lipinski definition) is 6. The van der Waals surface area contributed by atoms with Gasteiger partial charge in [0, 0.05) is 65.8 Å². The number of benzene rings is 4. The van der Waals surface area contributed by atoms with Crippen LogP contribution in [0.15, 0.2) is 79.0 Å². The van der Waals surface area contributed by atoms with Crippen molar-refractivity contribution < 1.29 is 14.3 Å². The maximum absolute atomic E-state index is 11.5. The molecular formula is C42H48ClN5O3. The number of ether oxygens (including phenoxy) is 2. The number of amides is 1. The van der Waals surface area contributed by atoms with Gasteiger partial charge in [0.05, 0.1) is 37.5 Å². The minimum absolute atomic E-state index is 0.128. The second-order valence-corrected chi connectivity index (χ2v) is 14.4. The second kappa shape index (κ2) is 15.9. The second-order valence-electron chi connectivity index (χ2n) is 14.0. The van der Waals surface area contributed by atoms with Gasteiger partial charge in [-0.25, -0.2) is 0 Å². The van der Waals surface area contributed by atoms with E-state index in [1.54, 1.807) is 14.2 Å². The highest BCUT2D eigenvalue weighted by Gasteiger charge is 2.22. The number of fused-ring (bicyclic) bond motifs is 1. The Bertz CT molecular complexity index is 2000. The van der Waals surface area contributed by atoms with Crippen LogP contribution in [-0.2, 0) is 24.4 Å². The molecule has 9 heteroatoms. The average Bonchev–Trinajstić information content (AvgIpc) is 3.78. The Balaban J connectivity index is 1.09. The van der Waals surface area contributed by atoms with Crippen molar-refractivity contribution in [3.8, 4) is 33.8 Å². The molecule has 0 spiro atoms. The Morgan fingerprint density at radius 2 is 1.65 bits per heavy atom. The first kappa shape index (κ1) is 35.1. The first-order valence-electron chi connectivity index (χ1n) is 18.2. The van der Waals surface area contributed by atoms with Crippen LogP contribution in [0.3, 0.4) is 0 Å². The van der Waals surface area contributed by atoms with Crippen molar-refractivity contribution in [2.24, 2.45) is 0 Å². The van der Waals surface area contributed by atoms with Crippen molar-refractivity contribution in [1.29, 1.82) is 0 Å². The van der Waals surface area contributed by atoms with Crippen molar-refractivity contribution >= 4 is 28.4 Å². The van der Waals surface area contributed by atoms with Gasteiger partial charge < -0.3 is 20.1 Å². The largest absolute Gasteiger partial charge is 0.496 e. The lowest BCUT2D eigenvalue weighted by atomic mass is 9.94. The molecule has 7 rings (SSSR count). The van der Waals surface area contributed by atoms with Crippen LogP contribution in [0.2, 0.25) is 5.02 Å². The van der Waals surface area contributed by atoms with E-state index in [0.717, 1.165) is 75.3 Å². The SMILES string of the molecule is COc1cc(-c2cccc(-c3cccc4c3cnn4Cc3ccc(CN(C)C4CCCCC4)c(OC)c3)c2Cl)ccc1CNCC1CCC(=O)N1. The van der Waals surface area contributed by atoms with Gasteiger partial charge in [0.25, 0.3) is 0 Å². The third kappa shape index (κ3) is 7.78. The summed E-state index contributed by atoms with van der Waals surface area (Å²) in [6, 6.07) is 26.1. The molecule has 1 amide bonds. The molecule has 2 aliphatic rings. The summed E-state index contributed by atoms with van der Waals surface area (Å²) in [4.78, 5) is 14.0. The molecule has 1 aliphatic heterocycles. The molecule has 1 aromatic heterocycles. The number of hydrogen-bond donors (Lipinski definition) is 2. The Morgan fingerprint density at radius 1 is 0.902 bits per heavy atom. The number of carbonyl (C=O) groups excluding carboxylic acids is 1. The number of methoxy groups -OCH3 is 2. The number of halogens is 1. The summed E-state index contributed by atoms with van der Waals surface area (Å²) in [5, 5.41) is 13.0. The number of rotatable bonds is 13. The van der Waals surface area contributed by atoms with Gasteiger partial charge in [-0.3, -0.25) is 14.4 Å². The molecule has 1 saturated heterocycles. The molecule has 2 fully saturated rings. The summed E-state index contributed by atoms with van der Waals surface area (Å²) in [6.45, 7) is 2.89. The maximum atomic E-state index is 11.5. The monoisotopic (exact) mass is 705 g/mol. The Morgan fingerprint density at radius 3 is 2.43 bits per heavy atom. The molecule has 1 unspecified atom stereocenters. The quantitative estimate of drug-likeness (QED) is 0.129. The highest BCUT2D eigenvalue weighted by Crippen LogP contribution is 2.40. The fourth-order valence-corrected chi connectivity index (χ4v) is 8.14. The number of aromatic nitrogens is 2. The van der Waals surface area contributed by atoms with Gasteiger partial charge in [-0.1, -0.05) is 85.5 Å². The fourth-order valence-electron chi connectivity index (χ4n) is 7.81. The van der Waals surface area contributed by atoms with Gasteiger partial charge in [-0.05, 0) is 61.2 Å². The first-order chi connectivity index (χ1) is 24.9. The molecule has 2 heterocycles. The summed E-state index contributed by atoms with van der Waals surface area (Å²) >= 11 is 7.22. The lowest BCUT2D eigenvalue weighted by molar-refractivity contribution is -0.119. The van der Waals surface area contributed by atoms with Crippen LogP contribution in [0.25, 0.3) is 33.2 Å². The van der Waals surface area contributed by atoms with Crippen molar-refractivity contribution in [3.63, 3.8) is 0 Å². The van der Waals surface area contributed by atoms with E-state index in [1.165, 1.54) is 37.7 Å². The van der Waals surface area contributed by atoms with Crippen LogP contribution < -0.4 is 20.1 Å². The fraction of sp³-hybridized carbons (Fsp3) is 0.381. The summed E-state index contributed by atoms with van der Waals surface area (Å²) in [5.41, 5.74) is 8.37. The topological polar surface area (TPSA) is 80.7 Å². The molecule has 0 radical (unpaired) electrons. The molecule has 1 saturated carbocycles. The molecule has 8 nitrogen and oxygen atoms in total. The summed E-state index contributed by atoms with van der Waals surface area (Å²) in [5.74, 6) is 1.85. The molecule has 2 N–H and O–H groups in total. The summed E-state index contributed by atoms with van der Waals surface area (Å²) in [6.07, 6.45) is 10.00. The van der Waals surface area contributed by atoms with Crippen molar-refractivity contribution in [2.45, 2.75) is 76.7 Å². The van der Waals surface area contributed by atoms with Crippen molar-refractivity contribution in [1.82, 2.24) is 25.3 Å². The standard InChI is InChI=1S/C42H48ClN5O3/c1-47(33-9-5-4-6-10-33)27-31-16-15-28(21-39(31)50-2)26-48-38-14-8-12-35(37(38)25-45-48)36-13-7-11-34(42(36)43)29-17-18-30(40(22-29)51-3)23-44-24-32-19-20-41(49)46-32/h7-8,11-18,21-22,25,32-33,44H,4-6,9-10,19-20,23-24,26-27H2,1-3H3,(H,46,49). The van der Waals surface area contributed by atoms with Crippen molar-refractivity contribution in [2.75, 3.05) is 27.8 Å². The minimum atomic E-state index is 0.128. The molecule has 4 aromatic carbocycles. The number of nitrogens with one attached hydrogen (secondary N) is 2. The van der Waals surface area contributed by atoms with Crippen LogP contribution in [-0.4, -0.2) is 60.5 Å². The summed E-state index contributed by atoms with van der Waals surface area (Å²) < 4.78 is 13.7. The highest BCUT2D eigenvalue weighted by atomic mass is 35.5. The highest BCUT2D eigenvalue weighted by molar-refractivity contribution is 6.36. The van der Waals surface area contributed by atoms with E-state index in [2.05, 4.69) is 94.0 Å². The van der Waals surface area contributed by atoms with Crippen LogP contribution in [0.5, 0.6) is 11.5 Å². The van der Waals surface area contributed by atoms with Crippen LogP contribution >= 0.6 is 11.6 Å². The van der Waals surface area contributed by atoms with E-state index in [0.29, 0.717) is 30.6 Å². The van der Waals surface area contributed by atoms with Gasteiger partial charge in [-0.15, -0.1) is 0 Å². The lowest BCUT2D eigenvalue weighted by Crippen LogP contribution is -2.35. The Hall–Kier alpha value is -4.37. The van der Waals surface area contributed by atoms with Gasteiger partial charge in [0.15, 0.2) is 0 Å². The van der Waals surface area contributed by atoms with E-state index in [4.69, 9.17) is 26.2 Å². The van der Waals surface area contributed by atoms with E-state index in [1.807, 2.05) is 12.3 Å². The first-order valence-corrected chi connectivity index (χ1v) is 18.6. The predicted octanol–water partition coefficient (Wildman–Crippen LogP) is 8.22. The zero-order valence-electron chi connectivity index (χ0n) is 29.9. The van der Waals surface area contributed by atoms with E-state index < -0.39 is 0 Å². The molecule has 5 aromatic rings. The molecule has 266 valence electrons. The third-order valence-corrected chi connectivity index (χ3v) is 11.1. The normalized spacial score (nSPS) is 16.6. The van der Waals surface area contributed by atoms with Crippen LogP contribution in [0.4, 0.5) is 0 Å². The zero-order chi connectivity index (χ0) is 35.3. The van der Waals surface area contributed by atoms with Gasteiger partial charge in [0.2, 0.25) is 5.91 Å². The molecule has 51 heavy (non-hydrogen) atoms. The minimum Gasteiger partial charge on any atom is -0.496 e. The van der Waals surface area contributed by atoms with Gasteiger partial charge in [0.1, 0.15) is 11.5 Å². The number of carbonyl (C=O) groups is 1. The predicted molar refractivity (Wildman–Crippen MR) is 205 cm³/mol. The van der Waals surface area contributed by atoms with E-state index >= 15 is 0 Å². The number of nitrogens with zero attached hydrogens (tertiary/aromatic N) is 3. The van der Waals surface area contributed by atoms with Gasteiger partial charge >= 0.3 is 0 Å². The smallest absolute Gasteiger partial charge is 0.220 e. The Kier molecular flexibility index (Phi) is 10.9. The molecular weight excluding hydrogens is 658 g/mol. The van der Waals surface area contributed by atoms with Crippen LogP contribution in [0.1, 0.15) is 61.6 Å². The van der Waals surface area contributed by atoms with Crippen molar-refractivity contribution in [3.05, 3.63) is 101 Å². The molecule has 1 aliphatic carbocycles. The maximum Gasteiger partial charge on any atom is 0.220 e. The molecule has 0 bridgehead atoms. The van der Waals surface area contributed by atoms with E-state index in [-0.39, 0.29) is 11.9 Å². The third-order valence-electron chi connectivity index (χ3n) is 10.7. The van der Waals surface area contributed by atoms with Crippen LogP contribution in [0, 0.1) is 0 Å². The Labute approximate surface area is 306 Å².